The first-order valence-electron chi connectivity index (χ1n) is 7.35. The summed E-state index contributed by atoms with van der Waals surface area (Å²) in [5.74, 6) is 0.935. The van der Waals surface area contributed by atoms with E-state index < -0.39 is 10.0 Å². The fourth-order valence-corrected chi connectivity index (χ4v) is 5.34. The summed E-state index contributed by atoms with van der Waals surface area (Å²) in [5.41, 5.74) is 0. The van der Waals surface area contributed by atoms with Crippen LogP contribution in [-0.2, 0) is 10.0 Å². The highest BCUT2D eigenvalue weighted by molar-refractivity contribution is 7.89. The fourth-order valence-electron chi connectivity index (χ4n) is 3.57. The Morgan fingerprint density at radius 1 is 0.952 bits per heavy atom. The minimum Gasteiger partial charge on any atom is -0.316 e. The molecule has 2 unspecified atom stereocenters. The molecule has 0 radical (unpaired) electrons. The predicted octanol–water partition coefficient (Wildman–Crippen LogP) is 1.68. The molecule has 0 spiro atoms. The molecule has 0 saturated carbocycles. The number of nitrogens with zero attached hydrogens (tertiary/aromatic N) is 1. The molecule has 2 atom stereocenters. The van der Waals surface area contributed by atoms with Crippen LogP contribution in [0.25, 0.3) is 10.8 Å². The van der Waals surface area contributed by atoms with Crippen molar-refractivity contribution in [2.45, 2.75) is 4.90 Å². The molecule has 21 heavy (non-hydrogen) atoms. The molecule has 2 heterocycles. The second-order valence-corrected chi connectivity index (χ2v) is 7.88. The molecule has 1 N–H and O–H groups in total. The van der Waals surface area contributed by atoms with Gasteiger partial charge in [-0.05, 0) is 36.4 Å². The molecular formula is C16H18N2O2S. The molecule has 0 amide bonds. The molecular weight excluding hydrogens is 284 g/mol. The summed E-state index contributed by atoms with van der Waals surface area (Å²) in [5, 5.41) is 5.13. The lowest BCUT2D eigenvalue weighted by Crippen LogP contribution is -2.32. The van der Waals surface area contributed by atoms with Crippen molar-refractivity contribution >= 4 is 20.8 Å². The van der Waals surface area contributed by atoms with Gasteiger partial charge in [0.1, 0.15) is 0 Å². The normalized spacial score (nSPS) is 26.3. The van der Waals surface area contributed by atoms with Crippen LogP contribution in [0, 0.1) is 11.8 Å². The number of hydrogen-bond donors (Lipinski definition) is 1. The Hall–Kier alpha value is -1.43. The molecule has 2 aromatic rings. The van der Waals surface area contributed by atoms with Crippen molar-refractivity contribution in [3.05, 3.63) is 42.5 Å². The van der Waals surface area contributed by atoms with E-state index in [1.165, 1.54) is 0 Å². The molecule has 0 aromatic heterocycles. The number of sulfonamides is 1. The maximum absolute atomic E-state index is 13.0. The Morgan fingerprint density at radius 2 is 1.62 bits per heavy atom. The van der Waals surface area contributed by atoms with Crippen LogP contribution in [0.3, 0.4) is 0 Å². The van der Waals surface area contributed by atoms with E-state index in [0.717, 1.165) is 23.9 Å². The third-order valence-electron chi connectivity index (χ3n) is 4.72. The lowest BCUT2D eigenvalue weighted by Gasteiger charge is -2.18. The average Bonchev–Trinajstić information content (AvgIpc) is 3.08. The lowest BCUT2D eigenvalue weighted by molar-refractivity contribution is 0.448. The van der Waals surface area contributed by atoms with Gasteiger partial charge in [-0.15, -0.1) is 0 Å². The SMILES string of the molecule is O=S(=O)(c1cccc2ccccc12)N1CC2CNCC2C1. The van der Waals surface area contributed by atoms with Crippen LogP contribution in [0.15, 0.2) is 47.4 Å². The van der Waals surface area contributed by atoms with Gasteiger partial charge in [0.2, 0.25) is 10.0 Å². The van der Waals surface area contributed by atoms with Crippen LogP contribution in [0.2, 0.25) is 0 Å². The van der Waals surface area contributed by atoms with Gasteiger partial charge in [-0.3, -0.25) is 0 Å². The smallest absolute Gasteiger partial charge is 0.243 e. The van der Waals surface area contributed by atoms with Gasteiger partial charge in [-0.25, -0.2) is 8.42 Å². The molecule has 0 bridgehead atoms. The summed E-state index contributed by atoms with van der Waals surface area (Å²) in [4.78, 5) is 0.438. The van der Waals surface area contributed by atoms with Crippen molar-refractivity contribution in [1.82, 2.24) is 9.62 Å². The molecule has 2 aliphatic rings. The van der Waals surface area contributed by atoms with E-state index in [4.69, 9.17) is 0 Å². The summed E-state index contributed by atoms with van der Waals surface area (Å²) in [6.07, 6.45) is 0. The number of fused-ring (bicyclic) bond motifs is 2. The second kappa shape index (κ2) is 4.80. The maximum Gasteiger partial charge on any atom is 0.243 e. The third-order valence-corrected chi connectivity index (χ3v) is 6.61. The summed E-state index contributed by atoms with van der Waals surface area (Å²) in [6.45, 7) is 3.16. The highest BCUT2D eigenvalue weighted by Crippen LogP contribution is 2.33. The van der Waals surface area contributed by atoms with Gasteiger partial charge in [0.05, 0.1) is 4.90 Å². The van der Waals surface area contributed by atoms with E-state index in [1.807, 2.05) is 36.4 Å². The van der Waals surface area contributed by atoms with Gasteiger partial charge >= 0.3 is 0 Å². The molecule has 2 aliphatic heterocycles. The molecule has 2 aromatic carbocycles. The standard InChI is InChI=1S/C16H18N2O2S/c19-21(20,18-10-13-8-17-9-14(13)11-18)16-7-3-5-12-4-1-2-6-15(12)16/h1-7,13-14,17H,8-11H2. The number of nitrogens with one attached hydrogen (secondary N) is 1. The summed E-state index contributed by atoms with van der Waals surface area (Å²) >= 11 is 0. The quantitative estimate of drug-likeness (QED) is 0.918. The van der Waals surface area contributed by atoms with Crippen LogP contribution in [-0.4, -0.2) is 38.9 Å². The summed E-state index contributed by atoms with van der Waals surface area (Å²) in [6, 6.07) is 13.2. The van der Waals surface area contributed by atoms with E-state index in [2.05, 4.69) is 5.32 Å². The van der Waals surface area contributed by atoms with E-state index in [-0.39, 0.29) is 0 Å². The van der Waals surface area contributed by atoms with E-state index in [1.54, 1.807) is 10.4 Å². The highest BCUT2D eigenvalue weighted by atomic mass is 32.2. The number of hydrogen-bond acceptors (Lipinski definition) is 3. The van der Waals surface area contributed by atoms with E-state index >= 15 is 0 Å². The van der Waals surface area contributed by atoms with Crippen molar-refractivity contribution in [2.75, 3.05) is 26.2 Å². The Kier molecular flexibility index (Phi) is 3.03. The van der Waals surface area contributed by atoms with Gasteiger partial charge in [-0.2, -0.15) is 4.31 Å². The van der Waals surface area contributed by atoms with Gasteiger partial charge in [0.15, 0.2) is 0 Å². The largest absolute Gasteiger partial charge is 0.316 e. The molecule has 4 nitrogen and oxygen atoms in total. The van der Waals surface area contributed by atoms with Crippen molar-refractivity contribution in [3.8, 4) is 0 Å². The molecule has 0 aliphatic carbocycles. The molecule has 110 valence electrons. The predicted molar refractivity (Wildman–Crippen MR) is 82.6 cm³/mol. The zero-order valence-electron chi connectivity index (χ0n) is 11.7. The van der Waals surface area contributed by atoms with Crippen LogP contribution in [0.1, 0.15) is 0 Å². The summed E-state index contributed by atoms with van der Waals surface area (Å²) < 4.78 is 27.6. The van der Waals surface area contributed by atoms with Crippen LogP contribution in [0.5, 0.6) is 0 Å². The van der Waals surface area contributed by atoms with Crippen molar-refractivity contribution in [2.24, 2.45) is 11.8 Å². The van der Waals surface area contributed by atoms with Gasteiger partial charge in [0, 0.05) is 18.5 Å². The number of rotatable bonds is 2. The zero-order valence-corrected chi connectivity index (χ0v) is 12.5. The van der Waals surface area contributed by atoms with Gasteiger partial charge in [-0.1, -0.05) is 36.4 Å². The topological polar surface area (TPSA) is 49.4 Å². The average molecular weight is 302 g/mol. The second-order valence-electron chi connectivity index (χ2n) is 5.98. The Bertz CT molecular complexity index is 770. The Morgan fingerprint density at radius 3 is 2.38 bits per heavy atom. The van der Waals surface area contributed by atoms with Crippen LogP contribution in [0.4, 0.5) is 0 Å². The number of benzene rings is 2. The first-order chi connectivity index (χ1) is 10.2. The Labute approximate surface area is 124 Å². The third kappa shape index (κ3) is 2.08. The van der Waals surface area contributed by atoms with Gasteiger partial charge in [0.25, 0.3) is 0 Å². The van der Waals surface area contributed by atoms with Crippen LogP contribution >= 0.6 is 0 Å². The molecule has 4 rings (SSSR count). The minimum absolute atomic E-state index is 0.438. The maximum atomic E-state index is 13.0. The van der Waals surface area contributed by atoms with Crippen LogP contribution < -0.4 is 5.32 Å². The van der Waals surface area contributed by atoms with Crippen molar-refractivity contribution < 1.29 is 8.42 Å². The van der Waals surface area contributed by atoms with E-state index in [9.17, 15) is 8.42 Å². The monoisotopic (exact) mass is 302 g/mol. The lowest BCUT2D eigenvalue weighted by atomic mass is 10.0. The Balaban J connectivity index is 1.77. The van der Waals surface area contributed by atoms with Crippen molar-refractivity contribution in [1.29, 1.82) is 0 Å². The molecule has 2 saturated heterocycles. The molecule has 2 fully saturated rings. The van der Waals surface area contributed by atoms with E-state index in [0.29, 0.717) is 29.8 Å². The minimum atomic E-state index is -3.40. The first-order valence-corrected chi connectivity index (χ1v) is 8.79. The molecule has 5 heteroatoms. The summed E-state index contributed by atoms with van der Waals surface area (Å²) in [7, 11) is -3.40. The fraction of sp³-hybridized carbons (Fsp3) is 0.375. The first kappa shape index (κ1) is 13.2. The highest BCUT2D eigenvalue weighted by Gasteiger charge is 2.41. The van der Waals surface area contributed by atoms with Crippen molar-refractivity contribution in [3.63, 3.8) is 0 Å². The zero-order chi connectivity index (χ0) is 14.4. The van der Waals surface area contributed by atoms with Gasteiger partial charge < -0.3 is 5.32 Å².